The van der Waals surface area contributed by atoms with Gasteiger partial charge in [0.25, 0.3) is 0 Å². The summed E-state index contributed by atoms with van der Waals surface area (Å²) in [6.45, 7) is 5.60. The number of sulfonamides is 1. The van der Waals surface area contributed by atoms with Crippen LogP contribution >= 0.6 is 0 Å². The largest absolute Gasteiger partial charge is 0.289 e. The molecule has 0 heterocycles. The summed E-state index contributed by atoms with van der Waals surface area (Å²) in [5.41, 5.74) is 4.26. The van der Waals surface area contributed by atoms with Gasteiger partial charge in [-0.3, -0.25) is 9.52 Å². The number of carbonyl (C=O) groups is 1. The number of rotatable bonds is 6. The van der Waals surface area contributed by atoms with Crippen molar-refractivity contribution in [3.8, 4) is 0 Å². The predicted molar refractivity (Wildman–Crippen MR) is 98.8 cm³/mol. The second kappa shape index (κ2) is 7.45. The Morgan fingerprint density at radius 1 is 1.08 bits per heavy atom. The minimum atomic E-state index is -3.31. The molecule has 0 aromatic heterocycles. The van der Waals surface area contributed by atoms with Crippen molar-refractivity contribution in [1.82, 2.24) is 0 Å². The lowest BCUT2D eigenvalue weighted by atomic mass is 10.0. The van der Waals surface area contributed by atoms with Crippen LogP contribution < -0.4 is 4.72 Å². The summed E-state index contributed by atoms with van der Waals surface area (Å²) in [5, 5.41) is 0. The molecule has 4 nitrogen and oxygen atoms in total. The van der Waals surface area contributed by atoms with Crippen molar-refractivity contribution >= 4 is 27.6 Å². The highest BCUT2D eigenvalue weighted by Gasteiger charge is 2.07. The summed E-state index contributed by atoms with van der Waals surface area (Å²) in [5.74, 6) is -0.119. The number of hydrogen-bond donors (Lipinski definition) is 1. The van der Waals surface area contributed by atoms with Crippen molar-refractivity contribution in [2.75, 3.05) is 10.5 Å². The van der Waals surface area contributed by atoms with E-state index in [1.165, 1.54) is 11.6 Å². The normalized spacial score (nSPS) is 11.6. The Balaban J connectivity index is 2.11. The van der Waals surface area contributed by atoms with Gasteiger partial charge in [-0.25, -0.2) is 8.42 Å². The predicted octanol–water partition coefficient (Wildman–Crippen LogP) is 3.96. The van der Waals surface area contributed by atoms with Crippen molar-refractivity contribution in [3.63, 3.8) is 0 Å². The van der Waals surface area contributed by atoms with Gasteiger partial charge < -0.3 is 0 Å². The van der Waals surface area contributed by atoms with Crippen LogP contribution in [0.4, 0.5) is 5.69 Å². The van der Waals surface area contributed by atoms with Gasteiger partial charge in [-0.2, -0.15) is 0 Å². The van der Waals surface area contributed by atoms with Crippen LogP contribution in [0.3, 0.4) is 0 Å². The quantitative estimate of drug-likeness (QED) is 0.638. The van der Waals surface area contributed by atoms with Crippen LogP contribution in [0.15, 0.2) is 48.5 Å². The summed E-state index contributed by atoms with van der Waals surface area (Å²) < 4.78 is 25.5. The summed E-state index contributed by atoms with van der Waals surface area (Å²) in [7, 11) is -3.31. The lowest BCUT2D eigenvalue weighted by molar-refractivity contribution is 0.104. The topological polar surface area (TPSA) is 63.2 Å². The van der Waals surface area contributed by atoms with E-state index in [9.17, 15) is 13.2 Å². The van der Waals surface area contributed by atoms with Crippen LogP contribution in [0.5, 0.6) is 0 Å². The molecule has 0 aliphatic rings. The number of nitrogens with one attached hydrogen (secondary N) is 1. The molecule has 0 saturated heterocycles. The highest BCUT2D eigenvalue weighted by atomic mass is 32.2. The van der Waals surface area contributed by atoms with E-state index in [0.717, 1.165) is 11.1 Å². The van der Waals surface area contributed by atoms with Gasteiger partial charge in [0.05, 0.1) is 5.75 Å². The van der Waals surface area contributed by atoms with E-state index in [1.807, 2.05) is 26.0 Å². The van der Waals surface area contributed by atoms with Crippen molar-refractivity contribution in [2.24, 2.45) is 0 Å². The van der Waals surface area contributed by atoms with Crippen molar-refractivity contribution < 1.29 is 13.2 Å². The van der Waals surface area contributed by atoms with Crippen LogP contribution in [0.1, 0.15) is 34.0 Å². The third-order valence-corrected chi connectivity index (χ3v) is 4.97. The molecule has 24 heavy (non-hydrogen) atoms. The first-order valence-electron chi connectivity index (χ1n) is 7.71. The van der Waals surface area contributed by atoms with Crippen LogP contribution in [0.25, 0.3) is 6.08 Å². The van der Waals surface area contributed by atoms with Gasteiger partial charge in [-0.1, -0.05) is 29.8 Å². The average molecular weight is 343 g/mol. The third-order valence-electron chi connectivity index (χ3n) is 3.66. The summed E-state index contributed by atoms with van der Waals surface area (Å²) in [4.78, 5) is 12.2. The van der Waals surface area contributed by atoms with Crippen LogP contribution in [-0.2, 0) is 10.0 Å². The fourth-order valence-corrected chi connectivity index (χ4v) is 2.87. The third kappa shape index (κ3) is 4.80. The van der Waals surface area contributed by atoms with Gasteiger partial charge in [0, 0.05) is 11.3 Å². The SMILES string of the molecule is CCS(=O)(=O)Nc1ccc(C(=O)/C=C/c2ccc(C)cc2C)cc1. The molecule has 5 heteroatoms. The smallest absolute Gasteiger partial charge is 0.232 e. The number of ketones is 1. The molecular formula is C19H21NO3S. The second-order valence-electron chi connectivity index (χ2n) is 5.64. The summed E-state index contributed by atoms with van der Waals surface area (Å²) in [6.07, 6.45) is 3.33. The molecule has 0 amide bonds. The van der Waals surface area contributed by atoms with Gasteiger partial charge in [0.1, 0.15) is 0 Å². The standard InChI is InChI=1S/C19H21NO3S/c1-4-24(22,23)20-18-10-7-17(8-11-18)19(21)12-9-16-6-5-14(2)13-15(16)3/h5-13,20H,4H2,1-3H3/b12-9+. The van der Waals surface area contributed by atoms with E-state index in [0.29, 0.717) is 11.3 Å². The van der Waals surface area contributed by atoms with Crippen molar-refractivity contribution in [2.45, 2.75) is 20.8 Å². The summed E-state index contributed by atoms with van der Waals surface area (Å²) >= 11 is 0. The van der Waals surface area contributed by atoms with E-state index < -0.39 is 10.0 Å². The Labute approximate surface area is 143 Å². The lowest BCUT2D eigenvalue weighted by Gasteiger charge is -2.06. The second-order valence-corrected chi connectivity index (χ2v) is 7.65. The molecule has 0 atom stereocenters. The fourth-order valence-electron chi connectivity index (χ4n) is 2.23. The molecule has 2 aromatic rings. The molecule has 0 saturated carbocycles. The summed E-state index contributed by atoms with van der Waals surface area (Å²) in [6, 6.07) is 12.5. The minimum absolute atomic E-state index is 0.00627. The zero-order valence-corrected chi connectivity index (χ0v) is 14.9. The maximum atomic E-state index is 12.2. The zero-order chi connectivity index (χ0) is 17.7. The zero-order valence-electron chi connectivity index (χ0n) is 14.0. The van der Waals surface area contributed by atoms with Crippen molar-refractivity contribution in [3.05, 3.63) is 70.8 Å². The molecule has 0 radical (unpaired) electrons. The van der Waals surface area contributed by atoms with Crippen LogP contribution in [-0.4, -0.2) is 20.0 Å². The van der Waals surface area contributed by atoms with Gasteiger partial charge in [-0.05, 0) is 62.2 Å². The average Bonchev–Trinajstić information content (AvgIpc) is 2.54. The Morgan fingerprint density at radius 2 is 1.75 bits per heavy atom. The molecule has 0 spiro atoms. The molecule has 126 valence electrons. The van der Waals surface area contributed by atoms with E-state index in [2.05, 4.69) is 10.8 Å². The molecule has 0 fully saturated rings. The monoisotopic (exact) mass is 343 g/mol. The molecule has 2 aromatic carbocycles. The van der Waals surface area contributed by atoms with E-state index in [4.69, 9.17) is 0 Å². The molecule has 0 bridgehead atoms. The number of aryl methyl sites for hydroxylation is 2. The van der Waals surface area contributed by atoms with Gasteiger partial charge in [0.2, 0.25) is 10.0 Å². The number of benzene rings is 2. The lowest BCUT2D eigenvalue weighted by Crippen LogP contribution is -2.14. The number of hydrogen-bond acceptors (Lipinski definition) is 3. The first-order chi connectivity index (χ1) is 11.3. The van der Waals surface area contributed by atoms with Gasteiger partial charge in [0.15, 0.2) is 5.78 Å². The fraction of sp³-hybridized carbons (Fsp3) is 0.211. The van der Waals surface area contributed by atoms with Crippen LogP contribution in [0, 0.1) is 13.8 Å². The number of allylic oxidation sites excluding steroid dienone is 1. The molecule has 0 aliphatic carbocycles. The minimum Gasteiger partial charge on any atom is -0.289 e. The van der Waals surface area contributed by atoms with Crippen LogP contribution in [0.2, 0.25) is 0 Å². The Hall–Kier alpha value is -2.40. The first-order valence-corrected chi connectivity index (χ1v) is 9.36. The molecule has 0 unspecified atom stereocenters. The molecule has 2 rings (SSSR count). The highest BCUT2D eigenvalue weighted by molar-refractivity contribution is 7.92. The van der Waals surface area contributed by atoms with E-state index in [1.54, 1.807) is 37.3 Å². The van der Waals surface area contributed by atoms with Crippen molar-refractivity contribution in [1.29, 1.82) is 0 Å². The van der Waals surface area contributed by atoms with Gasteiger partial charge in [-0.15, -0.1) is 0 Å². The molecular weight excluding hydrogens is 322 g/mol. The van der Waals surface area contributed by atoms with E-state index in [-0.39, 0.29) is 11.5 Å². The molecule has 0 aliphatic heterocycles. The number of anilines is 1. The maximum Gasteiger partial charge on any atom is 0.232 e. The van der Waals surface area contributed by atoms with E-state index >= 15 is 0 Å². The maximum absolute atomic E-state index is 12.2. The molecule has 1 N–H and O–H groups in total. The first kappa shape index (κ1) is 17.9. The Morgan fingerprint density at radius 3 is 2.33 bits per heavy atom. The highest BCUT2D eigenvalue weighted by Crippen LogP contribution is 2.15. The number of carbonyl (C=O) groups excluding carboxylic acids is 1. The Bertz CT molecular complexity index is 866. The Kier molecular flexibility index (Phi) is 5.57. The van der Waals surface area contributed by atoms with Gasteiger partial charge >= 0.3 is 0 Å².